The van der Waals surface area contributed by atoms with Crippen molar-refractivity contribution in [1.82, 2.24) is 10.2 Å². The average Bonchev–Trinajstić information content (AvgIpc) is 3.15. The highest BCUT2D eigenvalue weighted by atomic mass is 35.5. The van der Waals surface area contributed by atoms with Crippen LogP contribution in [-0.2, 0) is 0 Å². The summed E-state index contributed by atoms with van der Waals surface area (Å²) >= 11 is 0. The summed E-state index contributed by atoms with van der Waals surface area (Å²) in [5.41, 5.74) is 13.5. The van der Waals surface area contributed by atoms with Crippen LogP contribution in [-0.4, -0.2) is 49.9 Å². The Kier molecular flexibility index (Phi) is 9.51. The molecule has 3 rings (SSSR count). The fourth-order valence-corrected chi connectivity index (χ4v) is 2.96. The number of furan rings is 1. The maximum atomic E-state index is 12.7. The van der Waals surface area contributed by atoms with Crippen LogP contribution in [0, 0.1) is 0 Å². The molecule has 0 fully saturated rings. The summed E-state index contributed by atoms with van der Waals surface area (Å²) in [7, 11) is 3.84. The van der Waals surface area contributed by atoms with E-state index in [-0.39, 0.29) is 42.2 Å². The maximum Gasteiger partial charge on any atom is 0.280 e. The first-order valence-corrected chi connectivity index (χ1v) is 9.03. The lowest BCUT2D eigenvalue weighted by atomic mass is 9.97. The van der Waals surface area contributed by atoms with E-state index in [1.54, 1.807) is 18.4 Å². The number of amides is 2. The minimum Gasteiger partial charge on any atom is -0.464 e. The van der Waals surface area contributed by atoms with Crippen LogP contribution in [0.15, 0.2) is 58.1 Å². The third kappa shape index (κ3) is 6.45. The van der Waals surface area contributed by atoms with Crippen LogP contribution in [0.5, 0.6) is 0 Å². The molecule has 3 aromatic rings. The fourth-order valence-electron chi connectivity index (χ4n) is 2.96. The van der Waals surface area contributed by atoms with E-state index in [0.29, 0.717) is 29.8 Å². The van der Waals surface area contributed by atoms with Crippen molar-refractivity contribution >= 4 is 53.6 Å². The number of hydrogen-bond donors (Lipinski definition) is 3. The molecule has 0 atom stereocenters. The van der Waals surface area contributed by atoms with E-state index in [1.807, 2.05) is 43.3 Å². The van der Waals surface area contributed by atoms with E-state index in [0.717, 1.165) is 10.9 Å². The molecule has 1 heterocycles. The van der Waals surface area contributed by atoms with Gasteiger partial charge in [-0.25, -0.2) is 0 Å². The molecule has 0 aliphatic carbocycles. The number of hydrogen-bond acceptors (Lipinski definition) is 4. The highest BCUT2D eigenvalue weighted by molar-refractivity contribution is 6.06. The second-order valence-electron chi connectivity index (χ2n) is 6.84. The van der Waals surface area contributed by atoms with Crippen LogP contribution in [0.2, 0.25) is 0 Å². The van der Waals surface area contributed by atoms with Gasteiger partial charge in [0.2, 0.25) is 0 Å². The molecule has 31 heavy (non-hydrogen) atoms. The number of halogens is 2. The summed E-state index contributed by atoms with van der Waals surface area (Å²) in [6.45, 7) is 1.17. The Morgan fingerprint density at radius 1 is 1.06 bits per heavy atom. The molecule has 1 aromatic heterocycles. The second kappa shape index (κ2) is 11.4. The van der Waals surface area contributed by atoms with E-state index in [9.17, 15) is 9.59 Å². The van der Waals surface area contributed by atoms with Crippen molar-refractivity contribution in [3.05, 3.63) is 59.9 Å². The van der Waals surface area contributed by atoms with Crippen molar-refractivity contribution in [2.45, 2.75) is 0 Å². The van der Waals surface area contributed by atoms with E-state index < -0.39 is 5.91 Å². The molecular weight excluding hydrogens is 441 g/mol. The molecule has 0 radical (unpaired) electrons. The average molecular weight is 466 g/mol. The SMILES string of the molecule is CN(C)CCNC(=O)c1cc(C(=O)N=C(N)N)cc(-c2cccc3occc23)c1.Cl.Cl. The normalized spacial score (nSPS) is 10.2. The fraction of sp³-hybridized carbons (Fsp3) is 0.190. The number of guanidine groups is 1. The third-order valence-corrected chi connectivity index (χ3v) is 4.32. The number of nitrogens with one attached hydrogen (secondary N) is 1. The molecule has 0 bridgehead atoms. The number of carbonyl (C=O) groups excluding carboxylic acids is 2. The molecule has 8 nitrogen and oxygen atoms in total. The number of nitrogens with zero attached hydrogens (tertiary/aromatic N) is 2. The largest absolute Gasteiger partial charge is 0.464 e. The third-order valence-electron chi connectivity index (χ3n) is 4.32. The minimum absolute atomic E-state index is 0. The van der Waals surface area contributed by atoms with Crippen molar-refractivity contribution in [2.24, 2.45) is 16.5 Å². The monoisotopic (exact) mass is 465 g/mol. The lowest BCUT2D eigenvalue weighted by Gasteiger charge is -2.12. The molecule has 166 valence electrons. The van der Waals surface area contributed by atoms with Crippen LogP contribution >= 0.6 is 24.8 Å². The predicted molar refractivity (Wildman–Crippen MR) is 127 cm³/mol. The zero-order valence-electron chi connectivity index (χ0n) is 17.1. The van der Waals surface area contributed by atoms with Gasteiger partial charge in [-0.1, -0.05) is 12.1 Å². The maximum absolute atomic E-state index is 12.7. The first kappa shape index (κ1) is 26.0. The van der Waals surface area contributed by atoms with Gasteiger partial charge in [0.25, 0.3) is 11.8 Å². The number of likely N-dealkylation sites (N-methyl/N-ethyl adjacent to an activating group) is 1. The molecule has 10 heteroatoms. The first-order valence-electron chi connectivity index (χ1n) is 9.03. The van der Waals surface area contributed by atoms with Crippen molar-refractivity contribution < 1.29 is 14.0 Å². The number of fused-ring (bicyclic) bond motifs is 1. The van der Waals surface area contributed by atoms with Crippen LogP contribution in [0.1, 0.15) is 20.7 Å². The number of carbonyl (C=O) groups is 2. The Morgan fingerprint density at radius 3 is 2.45 bits per heavy atom. The Bertz CT molecular complexity index is 1090. The molecule has 2 aromatic carbocycles. The molecule has 0 saturated carbocycles. The Balaban J connectivity index is 0.00000240. The first-order chi connectivity index (χ1) is 13.8. The Morgan fingerprint density at radius 2 is 1.77 bits per heavy atom. The summed E-state index contributed by atoms with van der Waals surface area (Å²) in [4.78, 5) is 30.7. The van der Waals surface area contributed by atoms with Crippen LogP contribution < -0.4 is 16.8 Å². The summed E-state index contributed by atoms with van der Waals surface area (Å²) < 4.78 is 5.46. The number of benzene rings is 2. The summed E-state index contributed by atoms with van der Waals surface area (Å²) in [6, 6.07) is 12.3. The molecule has 0 aliphatic rings. The van der Waals surface area contributed by atoms with Crippen molar-refractivity contribution in [3.63, 3.8) is 0 Å². The van der Waals surface area contributed by atoms with Gasteiger partial charge in [-0.05, 0) is 55.6 Å². The Hall–Kier alpha value is -3.07. The lowest BCUT2D eigenvalue weighted by molar-refractivity contribution is 0.0951. The lowest BCUT2D eigenvalue weighted by Crippen LogP contribution is -2.31. The molecule has 5 N–H and O–H groups in total. The number of nitrogens with two attached hydrogens (primary N) is 2. The van der Waals surface area contributed by atoms with Crippen molar-refractivity contribution in [3.8, 4) is 11.1 Å². The Labute approximate surface area is 192 Å². The zero-order chi connectivity index (χ0) is 21.0. The molecular formula is C21H25Cl2N5O3. The highest BCUT2D eigenvalue weighted by Gasteiger charge is 2.15. The van der Waals surface area contributed by atoms with Gasteiger partial charge in [-0.2, -0.15) is 4.99 Å². The molecule has 0 unspecified atom stereocenters. The van der Waals surface area contributed by atoms with E-state index in [1.165, 1.54) is 6.07 Å². The van der Waals surface area contributed by atoms with Gasteiger partial charge in [0.15, 0.2) is 5.96 Å². The molecule has 0 saturated heterocycles. The van der Waals surface area contributed by atoms with E-state index >= 15 is 0 Å². The topological polar surface area (TPSA) is 127 Å². The van der Waals surface area contributed by atoms with Gasteiger partial charge >= 0.3 is 0 Å². The van der Waals surface area contributed by atoms with E-state index in [4.69, 9.17) is 15.9 Å². The number of rotatable bonds is 6. The van der Waals surface area contributed by atoms with Gasteiger partial charge in [0, 0.05) is 29.6 Å². The summed E-state index contributed by atoms with van der Waals surface area (Å²) in [5.74, 6) is -1.24. The minimum atomic E-state index is -0.617. The van der Waals surface area contributed by atoms with Crippen LogP contribution in [0.3, 0.4) is 0 Å². The van der Waals surface area contributed by atoms with Gasteiger partial charge in [-0.15, -0.1) is 24.8 Å². The van der Waals surface area contributed by atoms with Gasteiger partial charge in [0.05, 0.1) is 6.26 Å². The zero-order valence-corrected chi connectivity index (χ0v) is 18.8. The number of aliphatic imine (C=N–C) groups is 1. The van der Waals surface area contributed by atoms with Gasteiger partial charge < -0.3 is 26.1 Å². The highest BCUT2D eigenvalue weighted by Crippen LogP contribution is 2.31. The van der Waals surface area contributed by atoms with Crippen molar-refractivity contribution in [1.29, 1.82) is 0 Å². The quantitative estimate of drug-likeness (QED) is 0.379. The second-order valence-corrected chi connectivity index (χ2v) is 6.84. The molecule has 0 aliphatic heterocycles. The van der Waals surface area contributed by atoms with Crippen LogP contribution in [0.25, 0.3) is 22.1 Å². The standard InChI is InChI=1S/C21H23N5O3.2ClH/c1-26(2)8-7-24-19(27)14-10-13(11-15(12-14)20(28)25-21(22)23)16-4-3-5-18-17(16)6-9-29-18;;/h3-6,9-12H,7-8H2,1-2H3,(H,24,27)(H4,22,23,25,28);2*1H. The smallest absolute Gasteiger partial charge is 0.280 e. The predicted octanol–water partition coefficient (Wildman–Crippen LogP) is 2.65. The van der Waals surface area contributed by atoms with E-state index in [2.05, 4.69) is 10.3 Å². The summed E-state index contributed by atoms with van der Waals surface area (Å²) in [6.07, 6.45) is 1.59. The molecule has 2 amide bonds. The van der Waals surface area contributed by atoms with Crippen LogP contribution in [0.4, 0.5) is 0 Å². The summed E-state index contributed by atoms with van der Waals surface area (Å²) in [5, 5.41) is 3.73. The molecule has 0 spiro atoms. The van der Waals surface area contributed by atoms with Gasteiger partial charge in [0.1, 0.15) is 5.58 Å². The van der Waals surface area contributed by atoms with Crippen molar-refractivity contribution in [2.75, 3.05) is 27.2 Å². The van der Waals surface area contributed by atoms with Gasteiger partial charge in [-0.3, -0.25) is 9.59 Å².